The van der Waals surface area contributed by atoms with Crippen LogP contribution in [-0.4, -0.2) is 11.4 Å². The minimum atomic E-state index is -4.54. The lowest BCUT2D eigenvalue weighted by Gasteiger charge is -2.09. The third-order valence-electron chi connectivity index (χ3n) is 5.47. The van der Waals surface area contributed by atoms with Gasteiger partial charge in [-0.2, -0.15) is 26.3 Å². The molecule has 0 spiro atoms. The highest BCUT2D eigenvalue weighted by molar-refractivity contribution is 6.61. The molecule has 0 bridgehead atoms. The third kappa shape index (κ3) is 3.96. The molecule has 4 aromatic rings. The van der Waals surface area contributed by atoms with Crippen LogP contribution in [0.25, 0.3) is 10.8 Å². The number of hydrogen-bond acceptors (Lipinski definition) is 2. The molecule has 0 heterocycles. The maximum absolute atomic E-state index is 13.2. The number of halogens is 6. The highest BCUT2D eigenvalue weighted by atomic mass is 19.4. The van der Waals surface area contributed by atoms with E-state index in [9.17, 15) is 26.3 Å². The Kier molecular flexibility index (Phi) is 5.04. The summed E-state index contributed by atoms with van der Waals surface area (Å²) in [4.78, 5) is 8.97. The van der Waals surface area contributed by atoms with E-state index in [0.717, 1.165) is 35.0 Å². The van der Waals surface area contributed by atoms with Crippen molar-refractivity contribution in [2.24, 2.45) is 9.98 Å². The van der Waals surface area contributed by atoms with Gasteiger partial charge in [0, 0.05) is 16.5 Å². The molecule has 170 valence electrons. The Morgan fingerprint density at radius 3 is 1.32 bits per heavy atom. The molecule has 0 unspecified atom stereocenters. The van der Waals surface area contributed by atoms with Gasteiger partial charge in [-0.3, -0.25) is 0 Å². The van der Waals surface area contributed by atoms with Crippen LogP contribution in [0.5, 0.6) is 0 Å². The van der Waals surface area contributed by atoms with Crippen LogP contribution in [0.15, 0.2) is 94.9 Å². The summed E-state index contributed by atoms with van der Waals surface area (Å²) >= 11 is 0. The highest BCUT2D eigenvalue weighted by Crippen LogP contribution is 2.37. The van der Waals surface area contributed by atoms with Crippen molar-refractivity contribution in [3.63, 3.8) is 0 Å². The van der Waals surface area contributed by atoms with Gasteiger partial charge in [0.05, 0.1) is 33.9 Å². The number of hydrogen-bond donors (Lipinski definition) is 0. The largest absolute Gasteiger partial charge is 0.416 e. The second kappa shape index (κ2) is 7.83. The quantitative estimate of drug-likeness (QED) is 0.265. The Morgan fingerprint density at radius 1 is 0.500 bits per heavy atom. The van der Waals surface area contributed by atoms with Gasteiger partial charge in [-0.1, -0.05) is 48.5 Å². The van der Waals surface area contributed by atoms with Crippen LogP contribution in [0, 0.1) is 0 Å². The van der Waals surface area contributed by atoms with Gasteiger partial charge in [-0.05, 0) is 41.8 Å². The van der Waals surface area contributed by atoms with Crippen LogP contribution in [0.3, 0.4) is 0 Å². The molecule has 0 atom stereocenters. The van der Waals surface area contributed by atoms with Crippen molar-refractivity contribution in [1.29, 1.82) is 0 Å². The second-order valence-corrected chi connectivity index (χ2v) is 7.73. The molecular weight excluding hydrogens is 454 g/mol. The van der Waals surface area contributed by atoms with Gasteiger partial charge in [0.2, 0.25) is 0 Å². The molecule has 0 saturated heterocycles. The maximum Gasteiger partial charge on any atom is 0.416 e. The normalized spacial score (nSPS) is 16.1. The summed E-state index contributed by atoms with van der Waals surface area (Å²) in [6, 6.07) is 20.0. The predicted molar refractivity (Wildman–Crippen MR) is 119 cm³/mol. The Hall–Kier alpha value is -3.94. The molecule has 34 heavy (non-hydrogen) atoms. The van der Waals surface area contributed by atoms with E-state index in [1.807, 2.05) is 12.1 Å². The fourth-order valence-electron chi connectivity index (χ4n) is 3.98. The van der Waals surface area contributed by atoms with E-state index in [-0.39, 0.29) is 11.4 Å². The summed E-state index contributed by atoms with van der Waals surface area (Å²) in [5, 5.41) is 1.66. The summed E-state index contributed by atoms with van der Waals surface area (Å²) in [6.45, 7) is 0. The molecular formula is C26H14F6N2. The Morgan fingerprint density at radius 2 is 0.912 bits per heavy atom. The minimum absolute atomic E-state index is 0.0615. The number of nitrogens with zero attached hydrogens (tertiary/aromatic N) is 2. The zero-order chi connectivity index (χ0) is 24.1. The van der Waals surface area contributed by atoms with E-state index < -0.39 is 23.5 Å². The van der Waals surface area contributed by atoms with E-state index >= 15 is 0 Å². The molecule has 4 aromatic carbocycles. The average molecular weight is 468 g/mol. The van der Waals surface area contributed by atoms with Gasteiger partial charge >= 0.3 is 12.4 Å². The molecule has 8 heteroatoms. The SMILES string of the molecule is FC(F)(F)c1cccc(N=C2C(=Nc3cccc(C(F)(F)F)c3)c3cccc4cccc2c34)c1. The van der Waals surface area contributed by atoms with Crippen LogP contribution in [0.1, 0.15) is 22.3 Å². The summed E-state index contributed by atoms with van der Waals surface area (Å²) in [5.41, 5.74) is 0.316. The molecule has 0 radical (unpaired) electrons. The molecule has 1 aliphatic carbocycles. The van der Waals surface area contributed by atoms with Gasteiger partial charge in [0.15, 0.2) is 0 Å². The van der Waals surface area contributed by atoms with Crippen LogP contribution in [0.4, 0.5) is 37.7 Å². The van der Waals surface area contributed by atoms with Crippen molar-refractivity contribution in [3.05, 3.63) is 107 Å². The molecule has 0 fully saturated rings. The molecule has 0 amide bonds. The minimum Gasteiger partial charge on any atom is -0.246 e. The van der Waals surface area contributed by atoms with E-state index in [1.165, 1.54) is 24.3 Å². The fraction of sp³-hybridized carbons (Fsp3) is 0.0769. The molecule has 0 aliphatic heterocycles. The van der Waals surface area contributed by atoms with Crippen molar-refractivity contribution in [2.75, 3.05) is 0 Å². The van der Waals surface area contributed by atoms with Crippen molar-refractivity contribution in [1.82, 2.24) is 0 Å². The standard InChI is InChI=1S/C26H14F6N2/c27-25(28,29)16-7-3-9-18(13-16)33-23-20-11-1-5-15-6-2-12-21(22(15)20)24(23)34-19-10-4-8-17(14-19)26(30,31)32/h1-14H. The molecule has 0 aromatic heterocycles. The third-order valence-corrected chi connectivity index (χ3v) is 5.47. The van der Waals surface area contributed by atoms with E-state index in [2.05, 4.69) is 9.98 Å². The highest BCUT2D eigenvalue weighted by Gasteiger charge is 2.32. The van der Waals surface area contributed by atoms with Gasteiger partial charge in [-0.25, -0.2) is 9.98 Å². The zero-order valence-electron chi connectivity index (χ0n) is 17.2. The maximum atomic E-state index is 13.2. The first-order chi connectivity index (χ1) is 16.1. The molecule has 1 aliphatic rings. The van der Waals surface area contributed by atoms with Crippen LogP contribution < -0.4 is 0 Å². The molecule has 2 nitrogen and oxygen atoms in total. The Labute approximate surface area is 189 Å². The lowest BCUT2D eigenvalue weighted by Crippen LogP contribution is -2.10. The van der Waals surface area contributed by atoms with Gasteiger partial charge in [0.1, 0.15) is 0 Å². The van der Waals surface area contributed by atoms with Crippen LogP contribution in [-0.2, 0) is 12.4 Å². The van der Waals surface area contributed by atoms with Crippen molar-refractivity contribution < 1.29 is 26.3 Å². The van der Waals surface area contributed by atoms with Gasteiger partial charge in [-0.15, -0.1) is 0 Å². The van der Waals surface area contributed by atoms with Crippen molar-refractivity contribution in [2.45, 2.75) is 12.4 Å². The smallest absolute Gasteiger partial charge is 0.246 e. The first-order valence-electron chi connectivity index (χ1n) is 10.2. The molecule has 0 N–H and O–H groups in total. The van der Waals surface area contributed by atoms with Crippen LogP contribution >= 0.6 is 0 Å². The molecule has 0 saturated carbocycles. The van der Waals surface area contributed by atoms with Crippen molar-refractivity contribution in [3.8, 4) is 0 Å². The Bertz CT molecular complexity index is 1370. The van der Waals surface area contributed by atoms with E-state index in [1.54, 1.807) is 24.3 Å². The molecule has 5 rings (SSSR count). The van der Waals surface area contributed by atoms with Crippen LogP contribution in [0.2, 0.25) is 0 Å². The second-order valence-electron chi connectivity index (χ2n) is 7.73. The summed E-state index contributed by atoms with van der Waals surface area (Å²) in [6.07, 6.45) is -9.08. The number of alkyl halides is 6. The summed E-state index contributed by atoms with van der Waals surface area (Å²) in [7, 11) is 0. The van der Waals surface area contributed by atoms with Gasteiger partial charge in [0.25, 0.3) is 0 Å². The summed E-state index contributed by atoms with van der Waals surface area (Å²) in [5.74, 6) is 0. The average Bonchev–Trinajstić information content (AvgIpc) is 3.08. The van der Waals surface area contributed by atoms with Gasteiger partial charge < -0.3 is 0 Å². The fourth-order valence-corrected chi connectivity index (χ4v) is 3.98. The monoisotopic (exact) mass is 468 g/mol. The lowest BCUT2D eigenvalue weighted by molar-refractivity contribution is -0.138. The van der Waals surface area contributed by atoms with E-state index in [4.69, 9.17) is 0 Å². The zero-order valence-corrected chi connectivity index (χ0v) is 17.2. The number of aliphatic imine (C=N–C) groups is 2. The lowest BCUT2D eigenvalue weighted by atomic mass is 10.1. The van der Waals surface area contributed by atoms with E-state index in [0.29, 0.717) is 22.6 Å². The Balaban J connectivity index is 1.73. The first kappa shape index (κ1) is 21.9. The van der Waals surface area contributed by atoms with Crippen molar-refractivity contribution >= 4 is 33.6 Å². The first-order valence-corrected chi connectivity index (χ1v) is 10.2. The predicted octanol–water partition coefficient (Wildman–Crippen LogP) is 8.13. The number of rotatable bonds is 2. The number of benzene rings is 4. The topological polar surface area (TPSA) is 24.7 Å². The summed E-state index contributed by atoms with van der Waals surface area (Å²) < 4.78 is 79.3.